The van der Waals surface area contributed by atoms with Gasteiger partial charge in [-0.1, -0.05) is 37.3 Å². The van der Waals surface area contributed by atoms with Crippen molar-refractivity contribution in [3.05, 3.63) is 75.6 Å². The number of ether oxygens (including phenoxy) is 1. The molecule has 0 radical (unpaired) electrons. The number of Topliss-reactive ketones (excluding diaryl/α,β-unsaturated/α-hetero) is 2. The van der Waals surface area contributed by atoms with Crippen LogP contribution in [0.25, 0.3) is 5.76 Å². The van der Waals surface area contributed by atoms with E-state index >= 15 is 0 Å². The monoisotopic (exact) mass is 603 g/mol. The number of nitrogens with two attached hydrogens (primary N) is 1. The zero-order valence-electron chi connectivity index (χ0n) is 24.7. The number of rotatable bonds is 7. The van der Waals surface area contributed by atoms with Gasteiger partial charge in [0.2, 0.25) is 5.78 Å². The number of aliphatic hydroxyl groups excluding tert-OH is 2. The Labute approximate surface area is 254 Å². The van der Waals surface area contributed by atoms with Crippen LogP contribution in [0.4, 0.5) is 0 Å². The summed E-state index contributed by atoms with van der Waals surface area (Å²) in [7, 11) is 1.53. The van der Waals surface area contributed by atoms with Gasteiger partial charge in [0.15, 0.2) is 11.4 Å². The molecule has 6 rings (SSSR count). The molecule has 1 heterocycles. The highest BCUT2D eigenvalue weighted by Crippen LogP contribution is 2.54. The van der Waals surface area contributed by atoms with Gasteiger partial charge in [0.1, 0.15) is 28.6 Å². The maximum Gasteiger partial charge on any atom is 0.255 e. The number of aromatic hydroxyl groups is 1. The minimum Gasteiger partial charge on any atom is -0.508 e. The van der Waals surface area contributed by atoms with E-state index in [9.17, 15) is 34.8 Å². The molecule has 3 aliphatic carbocycles. The molecule has 1 saturated heterocycles. The van der Waals surface area contributed by atoms with Gasteiger partial charge in [0, 0.05) is 35.2 Å². The van der Waals surface area contributed by atoms with Crippen LogP contribution in [-0.2, 0) is 27.3 Å². The van der Waals surface area contributed by atoms with Crippen molar-refractivity contribution in [2.75, 3.05) is 20.2 Å². The number of carbonyl (C=O) groups is 3. The van der Waals surface area contributed by atoms with Gasteiger partial charge in [-0.25, -0.2) is 0 Å². The van der Waals surface area contributed by atoms with Gasteiger partial charge in [-0.3, -0.25) is 19.3 Å². The number of fused-ring (bicyclic) bond motifs is 3. The van der Waals surface area contributed by atoms with Crippen molar-refractivity contribution < 1.29 is 39.5 Å². The molecule has 0 bridgehead atoms. The van der Waals surface area contributed by atoms with E-state index in [1.54, 1.807) is 6.07 Å². The summed E-state index contributed by atoms with van der Waals surface area (Å²) in [6.07, 6.45) is 2.02. The molecule has 232 valence electrons. The minimum atomic E-state index is -2.71. The van der Waals surface area contributed by atoms with E-state index < -0.39 is 58.0 Å². The Morgan fingerprint density at radius 1 is 1.18 bits per heavy atom. The fourth-order valence-corrected chi connectivity index (χ4v) is 7.86. The summed E-state index contributed by atoms with van der Waals surface area (Å²) in [6, 6.07) is 9.47. The molecule has 4 aliphatic rings. The molecular formula is C33H37N3O8. The minimum absolute atomic E-state index is 0.00592. The lowest BCUT2D eigenvalue weighted by Crippen LogP contribution is -2.66. The number of nitrogens with one attached hydrogen (secondary N) is 1. The van der Waals surface area contributed by atoms with Crippen LogP contribution in [0, 0.1) is 11.8 Å². The number of nitrogens with zero attached hydrogens (tertiary/aromatic N) is 1. The number of phenolic OH excluding ortho intramolecular Hbond substituents is 1. The predicted molar refractivity (Wildman–Crippen MR) is 160 cm³/mol. The zero-order chi connectivity index (χ0) is 31.5. The number of carbonyl (C=O) groups excluding carboxylic acids is 3. The number of hydrogen-bond acceptors (Lipinski definition) is 10. The topological polar surface area (TPSA) is 183 Å². The number of hydrogen-bond donors (Lipinski definition) is 6. The Balaban J connectivity index is 1.47. The lowest BCUT2D eigenvalue weighted by atomic mass is 9.57. The standard InChI is InChI=1S/C33H37N3O8/c1-3-36-11-7-10-21(36)18-14-22(37)24-19(29(18)44-2)12-17-13-20-26(35-15-16-8-5-4-6-9-16)28(39)25(32(34)42)31(41)33(20,43)30(40)23(17)27(24)38/h4-6,8-9,14,17,20-21,26,35,37-38,41,43H,3,7,10-13,15H2,1-2H3,(H2,34,42)/t17-,20-,21-,26-,33-/m0/s1. The smallest absolute Gasteiger partial charge is 0.255 e. The summed E-state index contributed by atoms with van der Waals surface area (Å²) >= 11 is 0. The largest absolute Gasteiger partial charge is 0.508 e. The molecule has 1 aliphatic heterocycles. The van der Waals surface area contributed by atoms with E-state index in [1.807, 2.05) is 30.3 Å². The van der Waals surface area contributed by atoms with Crippen molar-refractivity contribution in [1.29, 1.82) is 0 Å². The molecule has 11 heteroatoms. The third-order valence-electron chi connectivity index (χ3n) is 9.88. The van der Waals surface area contributed by atoms with Crippen molar-refractivity contribution in [2.24, 2.45) is 17.6 Å². The fourth-order valence-electron chi connectivity index (χ4n) is 7.86. The van der Waals surface area contributed by atoms with E-state index in [0.29, 0.717) is 11.3 Å². The average Bonchev–Trinajstić information content (AvgIpc) is 3.48. The molecule has 0 spiro atoms. The van der Waals surface area contributed by atoms with Gasteiger partial charge in [-0.15, -0.1) is 0 Å². The van der Waals surface area contributed by atoms with Crippen LogP contribution < -0.4 is 15.8 Å². The predicted octanol–water partition coefficient (Wildman–Crippen LogP) is 2.36. The van der Waals surface area contributed by atoms with Gasteiger partial charge in [0.05, 0.1) is 18.7 Å². The number of amides is 1. The summed E-state index contributed by atoms with van der Waals surface area (Å²) in [5.74, 6) is -6.40. The average molecular weight is 604 g/mol. The van der Waals surface area contributed by atoms with Gasteiger partial charge >= 0.3 is 0 Å². The fraction of sp³-hybridized carbons (Fsp3) is 0.424. The third kappa shape index (κ3) is 4.33. The first-order valence-electron chi connectivity index (χ1n) is 15.0. The number of likely N-dealkylation sites (tertiary alicyclic amines) is 1. The Morgan fingerprint density at radius 3 is 2.57 bits per heavy atom. The SMILES string of the molecule is CCN1CCC[C@H]1c1cc(O)c2c(c1OC)C[C@H]1C[C@H]3[C@H](NCc4ccccc4)C(=O)C(C(N)=O)=C(O)[C@@]3(O)C(=O)C1=C2O. The quantitative estimate of drug-likeness (QED) is 0.257. The maximum atomic E-state index is 14.2. The summed E-state index contributed by atoms with van der Waals surface area (Å²) in [5.41, 5.74) is 3.87. The van der Waals surface area contributed by atoms with Crippen molar-refractivity contribution in [3.63, 3.8) is 0 Å². The van der Waals surface area contributed by atoms with Crippen LogP contribution in [0.15, 0.2) is 53.3 Å². The Hall–Kier alpha value is -4.19. The molecule has 1 amide bonds. The van der Waals surface area contributed by atoms with E-state index in [4.69, 9.17) is 10.5 Å². The van der Waals surface area contributed by atoms with Gasteiger partial charge < -0.3 is 36.2 Å². The van der Waals surface area contributed by atoms with Gasteiger partial charge in [0.25, 0.3) is 5.91 Å². The summed E-state index contributed by atoms with van der Waals surface area (Å²) < 4.78 is 5.90. The van der Waals surface area contributed by atoms with Crippen molar-refractivity contribution >= 4 is 23.2 Å². The first-order valence-corrected chi connectivity index (χ1v) is 15.0. The second-order valence-corrected chi connectivity index (χ2v) is 12.1. The molecule has 5 atom stereocenters. The molecule has 0 unspecified atom stereocenters. The van der Waals surface area contributed by atoms with E-state index in [0.717, 1.165) is 37.1 Å². The second kappa shape index (κ2) is 11.1. The number of methoxy groups -OCH3 is 1. The van der Waals surface area contributed by atoms with Crippen molar-refractivity contribution in [3.8, 4) is 11.5 Å². The lowest BCUT2D eigenvalue weighted by molar-refractivity contribution is -0.150. The Kier molecular flexibility index (Phi) is 7.51. The molecule has 1 saturated carbocycles. The van der Waals surface area contributed by atoms with E-state index in [2.05, 4.69) is 17.1 Å². The molecule has 0 aromatic heterocycles. The zero-order valence-corrected chi connectivity index (χ0v) is 24.7. The lowest BCUT2D eigenvalue weighted by Gasteiger charge is -2.49. The van der Waals surface area contributed by atoms with E-state index in [-0.39, 0.29) is 42.3 Å². The van der Waals surface area contributed by atoms with Crippen molar-refractivity contribution in [1.82, 2.24) is 10.2 Å². The van der Waals surface area contributed by atoms with Crippen LogP contribution in [0.1, 0.15) is 54.5 Å². The highest BCUT2D eigenvalue weighted by atomic mass is 16.5. The number of primary amides is 1. The number of aliphatic hydroxyl groups is 3. The highest BCUT2D eigenvalue weighted by molar-refractivity contribution is 6.24. The van der Waals surface area contributed by atoms with Crippen LogP contribution in [0.2, 0.25) is 0 Å². The summed E-state index contributed by atoms with van der Waals surface area (Å²) in [6.45, 7) is 3.96. The summed E-state index contributed by atoms with van der Waals surface area (Å²) in [4.78, 5) is 42.4. The number of phenols is 1. The molecule has 7 N–H and O–H groups in total. The molecule has 11 nitrogen and oxygen atoms in total. The van der Waals surface area contributed by atoms with Crippen LogP contribution >= 0.6 is 0 Å². The van der Waals surface area contributed by atoms with Gasteiger partial charge in [-0.2, -0.15) is 0 Å². The first kappa shape index (κ1) is 29.9. The normalized spacial score (nSPS) is 28.5. The maximum absolute atomic E-state index is 14.2. The highest BCUT2D eigenvalue weighted by Gasteiger charge is 2.63. The molecule has 2 fully saturated rings. The van der Waals surface area contributed by atoms with E-state index in [1.165, 1.54) is 7.11 Å². The number of ketones is 2. The Morgan fingerprint density at radius 2 is 1.91 bits per heavy atom. The van der Waals surface area contributed by atoms with Gasteiger partial charge in [-0.05, 0) is 56.3 Å². The molecule has 2 aromatic rings. The third-order valence-corrected chi connectivity index (χ3v) is 9.88. The van der Waals surface area contributed by atoms with Crippen molar-refractivity contribution in [2.45, 2.75) is 56.8 Å². The Bertz CT molecular complexity index is 1620. The molecule has 44 heavy (non-hydrogen) atoms. The number of benzene rings is 2. The molecule has 2 aromatic carbocycles. The summed E-state index contributed by atoms with van der Waals surface area (Å²) in [5, 5.41) is 49.0. The molecular weight excluding hydrogens is 566 g/mol. The van der Waals surface area contributed by atoms with Crippen LogP contribution in [0.3, 0.4) is 0 Å². The first-order chi connectivity index (χ1) is 21.0. The van der Waals surface area contributed by atoms with Crippen LogP contribution in [-0.4, -0.2) is 74.6 Å². The van der Waals surface area contributed by atoms with Crippen LogP contribution in [0.5, 0.6) is 11.5 Å². The second-order valence-electron chi connectivity index (χ2n) is 12.1.